The van der Waals surface area contributed by atoms with Gasteiger partial charge in [0.2, 0.25) is 17.7 Å². The topological polar surface area (TPSA) is 163 Å². The summed E-state index contributed by atoms with van der Waals surface area (Å²) in [4.78, 5) is 61.4. The van der Waals surface area contributed by atoms with Gasteiger partial charge in [0.15, 0.2) is 0 Å². The molecular weight excluding hydrogens is 504 g/mol. The van der Waals surface area contributed by atoms with Crippen LogP contribution in [0, 0.1) is 5.92 Å². The van der Waals surface area contributed by atoms with E-state index in [4.69, 9.17) is 21.4 Å². The van der Waals surface area contributed by atoms with E-state index in [1.165, 1.54) is 6.07 Å². The van der Waals surface area contributed by atoms with Crippen molar-refractivity contribution in [3.63, 3.8) is 0 Å². The van der Waals surface area contributed by atoms with Gasteiger partial charge in [-0.2, -0.15) is 0 Å². The lowest BCUT2D eigenvalue weighted by Crippen LogP contribution is -2.55. The van der Waals surface area contributed by atoms with Crippen molar-refractivity contribution >= 4 is 41.2 Å². The van der Waals surface area contributed by atoms with Gasteiger partial charge in [-0.1, -0.05) is 31.9 Å². The normalized spacial score (nSPS) is 19.4. The molecule has 2 rings (SSSR count). The number of rotatable bonds is 10. The number of fused-ring (bicyclic) bond motifs is 1. The number of benzene rings is 1. The predicted octanol–water partition coefficient (Wildman–Crippen LogP) is 1.63. The number of hydrogen-bond donors (Lipinski definition) is 5. The summed E-state index contributed by atoms with van der Waals surface area (Å²) < 4.78 is 5.71. The lowest BCUT2D eigenvalue weighted by Gasteiger charge is -2.26. The molecule has 0 radical (unpaired) electrons. The Morgan fingerprint density at radius 3 is 2.62 bits per heavy atom. The van der Waals surface area contributed by atoms with Crippen LogP contribution < -0.4 is 26.0 Å². The number of nitrogens with one attached hydrogen (secondary N) is 4. The van der Waals surface area contributed by atoms with Crippen molar-refractivity contribution in [3.05, 3.63) is 28.8 Å². The molecule has 1 heterocycles. The van der Waals surface area contributed by atoms with Crippen molar-refractivity contribution in [1.29, 1.82) is 0 Å². The molecule has 4 amide bonds. The van der Waals surface area contributed by atoms with Crippen molar-refractivity contribution in [1.82, 2.24) is 21.3 Å². The van der Waals surface area contributed by atoms with E-state index in [0.717, 1.165) is 0 Å². The van der Waals surface area contributed by atoms with Crippen LogP contribution in [-0.4, -0.2) is 66.5 Å². The summed E-state index contributed by atoms with van der Waals surface area (Å²) in [6.07, 6.45) is 1.62. The summed E-state index contributed by atoms with van der Waals surface area (Å²) in [7, 11) is 0. The fraction of sp³-hybridized carbons (Fsp3) is 0.560. The number of carbonyl (C=O) groups excluding carboxylic acids is 4. The van der Waals surface area contributed by atoms with Crippen molar-refractivity contribution in [3.8, 4) is 5.75 Å². The Labute approximate surface area is 221 Å². The molecule has 0 fully saturated rings. The molecule has 1 aliphatic rings. The quantitative estimate of drug-likeness (QED) is 0.283. The van der Waals surface area contributed by atoms with E-state index in [2.05, 4.69) is 21.3 Å². The molecule has 1 aromatic carbocycles. The average molecular weight is 539 g/mol. The molecule has 11 nitrogen and oxygen atoms in total. The number of amides is 4. The Hall–Kier alpha value is -3.34. The van der Waals surface area contributed by atoms with Gasteiger partial charge >= 0.3 is 5.97 Å². The van der Waals surface area contributed by atoms with Gasteiger partial charge in [0, 0.05) is 18.0 Å². The highest BCUT2D eigenvalue weighted by Gasteiger charge is 2.31. The Kier molecular flexibility index (Phi) is 12.1. The van der Waals surface area contributed by atoms with Gasteiger partial charge in [-0.15, -0.1) is 0 Å². The van der Waals surface area contributed by atoms with Crippen LogP contribution in [0.3, 0.4) is 0 Å². The summed E-state index contributed by atoms with van der Waals surface area (Å²) in [5.74, 6) is -2.69. The molecular formula is C25H35ClN4O7. The minimum Gasteiger partial charge on any atom is -0.491 e. The highest BCUT2D eigenvalue weighted by molar-refractivity contribution is 6.31. The predicted molar refractivity (Wildman–Crippen MR) is 136 cm³/mol. The lowest BCUT2D eigenvalue weighted by atomic mass is 9.97. The van der Waals surface area contributed by atoms with Crippen LogP contribution >= 0.6 is 11.6 Å². The Bertz CT molecular complexity index is 988. The zero-order valence-corrected chi connectivity index (χ0v) is 21.9. The number of unbranched alkanes of at least 4 members (excludes halogenated alkanes) is 1. The summed E-state index contributed by atoms with van der Waals surface area (Å²) in [5, 5.41) is 19.9. The standard InChI is InChI=1S/C25H35ClN4O7/c1-3-15(2)22-25(36)29-18(6-4-5-11-27-20(31)9-10-21(32)33)24(35)28-12-13-37-19-8-7-16(26)14-17(19)23(34)30-22/h7-8,14-15,18,22H,3-6,9-13H2,1-2H3,(H,27,31)(H,28,35)(H,29,36)(H,30,34)(H,32,33)/t15-,18-,22-/m0/s1. The van der Waals surface area contributed by atoms with Crippen molar-refractivity contribution in [2.75, 3.05) is 19.7 Å². The number of carboxylic acid groups (broad SMARTS) is 1. The number of hydrogen-bond acceptors (Lipinski definition) is 6. The van der Waals surface area contributed by atoms with Gasteiger partial charge in [-0.05, 0) is 43.4 Å². The van der Waals surface area contributed by atoms with Gasteiger partial charge in [0.25, 0.3) is 5.91 Å². The van der Waals surface area contributed by atoms with E-state index < -0.39 is 29.9 Å². The zero-order chi connectivity index (χ0) is 27.4. The van der Waals surface area contributed by atoms with Crippen LogP contribution in [0.4, 0.5) is 0 Å². The van der Waals surface area contributed by atoms with E-state index in [9.17, 15) is 24.0 Å². The van der Waals surface area contributed by atoms with E-state index in [1.54, 1.807) is 12.1 Å². The molecule has 204 valence electrons. The second-order valence-corrected chi connectivity index (χ2v) is 9.35. The molecule has 0 bridgehead atoms. The van der Waals surface area contributed by atoms with Gasteiger partial charge in [-0.3, -0.25) is 24.0 Å². The molecule has 3 atom stereocenters. The number of ether oxygens (including phenoxy) is 1. The molecule has 1 aromatic rings. The minimum absolute atomic E-state index is 0.0999. The van der Waals surface area contributed by atoms with E-state index in [1.807, 2.05) is 13.8 Å². The summed E-state index contributed by atoms with van der Waals surface area (Å²) >= 11 is 6.08. The Morgan fingerprint density at radius 1 is 1.16 bits per heavy atom. The van der Waals surface area contributed by atoms with Crippen LogP contribution in [0.15, 0.2) is 18.2 Å². The summed E-state index contributed by atoms with van der Waals surface area (Å²) in [5.41, 5.74) is 0.195. The van der Waals surface area contributed by atoms with Gasteiger partial charge in [0.1, 0.15) is 24.4 Å². The molecule has 1 aliphatic heterocycles. The first-order chi connectivity index (χ1) is 17.6. The van der Waals surface area contributed by atoms with Gasteiger partial charge in [0.05, 0.1) is 18.5 Å². The molecule has 0 aliphatic carbocycles. The number of aliphatic carboxylic acids is 1. The van der Waals surface area contributed by atoms with Crippen molar-refractivity contribution in [2.24, 2.45) is 5.92 Å². The number of carbonyl (C=O) groups is 5. The smallest absolute Gasteiger partial charge is 0.303 e. The van der Waals surface area contributed by atoms with Gasteiger partial charge < -0.3 is 31.1 Å². The van der Waals surface area contributed by atoms with Crippen LogP contribution in [0.1, 0.15) is 62.7 Å². The maximum atomic E-state index is 13.2. The van der Waals surface area contributed by atoms with Crippen molar-refractivity contribution in [2.45, 2.75) is 64.5 Å². The maximum absolute atomic E-state index is 13.2. The van der Waals surface area contributed by atoms with E-state index >= 15 is 0 Å². The van der Waals surface area contributed by atoms with E-state index in [-0.39, 0.29) is 49.3 Å². The third-order valence-electron chi connectivity index (χ3n) is 6.07. The Balaban J connectivity index is 2.09. The monoisotopic (exact) mass is 538 g/mol. The fourth-order valence-corrected chi connectivity index (χ4v) is 3.90. The number of halogens is 1. The molecule has 0 unspecified atom stereocenters. The first-order valence-electron chi connectivity index (χ1n) is 12.4. The average Bonchev–Trinajstić information content (AvgIpc) is 2.87. The molecule has 0 saturated heterocycles. The molecule has 37 heavy (non-hydrogen) atoms. The van der Waals surface area contributed by atoms with Crippen LogP contribution in [-0.2, 0) is 19.2 Å². The van der Waals surface area contributed by atoms with Crippen LogP contribution in [0.5, 0.6) is 5.75 Å². The third kappa shape index (κ3) is 9.91. The first kappa shape index (κ1) is 29.9. The fourth-order valence-electron chi connectivity index (χ4n) is 3.73. The molecule has 0 spiro atoms. The molecule has 12 heteroatoms. The highest BCUT2D eigenvalue weighted by atomic mass is 35.5. The maximum Gasteiger partial charge on any atom is 0.303 e. The second kappa shape index (κ2) is 15.0. The third-order valence-corrected chi connectivity index (χ3v) is 6.30. The molecule has 0 aromatic heterocycles. The van der Waals surface area contributed by atoms with Crippen LogP contribution in [0.25, 0.3) is 0 Å². The SMILES string of the molecule is CC[C@H](C)[C@@H]1NC(=O)c2cc(Cl)ccc2OCCNC(=O)[C@H](CCCCNC(=O)CCC(=O)O)NC1=O. The van der Waals surface area contributed by atoms with Crippen LogP contribution in [0.2, 0.25) is 5.02 Å². The summed E-state index contributed by atoms with van der Waals surface area (Å²) in [6, 6.07) is 2.89. The molecule has 0 saturated carbocycles. The first-order valence-corrected chi connectivity index (χ1v) is 12.8. The highest BCUT2D eigenvalue weighted by Crippen LogP contribution is 2.24. The number of carboxylic acids is 1. The summed E-state index contributed by atoms with van der Waals surface area (Å²) in [6.45, 7) is 4.31. The van der Waals surface area contributed by atoms with Crippen molar-refractivity contribution < 1.29 is 33.8 Å². The minimum atomic E-state index is -1.04. The zero-order valence-electron chi connectivity index (χ0n) is 21.1. The second-order valence-electron chi connectivity index (χ2n) is 8.92. The molecule has 5 N–H and O–H groups in total. The van der Waals surface area contributed by atoms with Gasteiger partial charge in [-0.25, -0.2) is 0 Å². The Morgan fingerprint density at radius 2 is 1.92 bits per heavy atom. The lowest BCUT2D eigenvalue weighted by molar-refractivity contribution is -0.138. The van der Waals surface area contributed by atoms with E-state index in [0.29, 0.717) is 43.0 Å². The largest absolute Gasteiger partial charge is 0.491 e.